The van der Waals surface area contributed by atoms with Crippen LogP contribution in [0.3, 0.4) is 0 Å². The molecule has 0 spiro atoms. The van der Waals surface area contributed by atoms with Gasteiger partial charge >= 0.3 is 0 Å². The van der Waals surface area contributed by atoms with Gasteiger partial charge in [-0.15, -0.1) is 0 Å². The summed E-state index contributed by atoms with van der Waals surface area (Å²) >= 11 is 0. The summed E-state index contributed by atoms with van der Waals surface area (Å²) in [7, 11) is 0. The van der Waals surface area contributed by atoms with E-state index in [2.05, 4.69) is 24.1 Å². The number of hydrogen-bond donors (Lipinski definition) is 1. The Balaban J connectivity index is 1.75. The highest BCUT2D eigenvalue weighted by Crippen LogP contribution is 2.27. The molecule has 2 atom stereocenters. The zero-order valence-corrected chi connectivity index (χ0v) is 10.3. The molecule has 1 aliphatic carbocycles. The first kappa shape index (κ1) is 11.4. The Kier molecular flexibility index (Phi) is 4.04. The van der Waals surface area contributed by atoms with E-state index in [1.165, 1.54) is 51.9 Å². The van der Waals surface area contributed by atoms with Gasteiger partial charge in [0, 0.05) is 32.2 Å². The molecule has 15 heavy (non-hydrogen) atoms. The van der Waals surface area contributed by atoms with Crippen molar-refractivity contribution in [2.75, 3.05) is 26.2 Å². The van der Waals surface area contributed by atoms with Crippen molar-refractivity contribution in [2.45, 2.75) is 45.6 Å². The Morgan fingerprint density at radius 3 is 2.80 bits per heavy atom. The van der Waals surface area contributed by atoms with Gasteiger partial charge in [0.2, 0.25) is 0 Å². The lowest BCUT2D eigenvalue weighted by Gasteiger charge is -2.39. The molecule has 1 saturated carbocycles. The molecule has 2 aliphatic rings. The van der Waals surface area contributed by atoms with E-state index in [4.69, 9.17) is 0 Å². The van der Waals surface area contributed by atoms with Crippen LogP contribution < -0.4 is 5.32 Å². The highest BCUT2D eigenvalue weighted by Gasteiger charge is 2.26. The maximum absolute atomic E-state index is 3.67. The Morgan fingerprint density at radius 2 is 2.20 bits per heavy atom. The van der Waals surface area contributed by atoms with Crippen LogP contribution >= 0.6 is 0 Å². The van der Waals surface area contributed by atoms with Crippen LogP contribution in [0.2, 0.25) is 0 Å². The zero-order valence-electron chi connectivity index (χ0n) is 10.3. The lowest BCUT2D eigenvalue weighted by molar-refractivity contribution is 0.123. The number of nitrogens with one attached hydrogen (secondary N) is 1. The molecule has 0 aromatic heterocycles. The molecule has 0 aromatic carbocycles. The van der Waals surface area contributed by atoms with Crippen molar-refractivity contribution in [3.8, 4) is 0 Å². The molecule has 88 valence electrons. The summed E-state index contributed by atoms with van der Waals surface area (Å²) in [5, 5.41) is 3.67. The van der Waals surface area contributed by atoms with Crippen molar-refractivity contribution >= 4 is 0 Å². The molecule has 2 nitrogen and oxygen atoms in total. The van der Waals surface area contributed by atoms with E-state index in [0.717, 1.165) is 17.9 Å². The van der Waals surface area contributed by atoms with E-state index < -0.39 is 0 Å². The maximum Gasteiger partial charge on any atom is 0.0221 e. The first-order chi connectivity index (χ1) is 7.29. The molecular formula is C13H26N2. The Morgan fingerprint density at radius 1 is 1.40 bits per heavy atom. The van der Waals surface area contributed by atoms with Gasteiger partial charge in [0.1, 0.15) is 0 Å². The Hall–Kier alpha value is -0.0800. The highest BCUT2D eigenvalue weighted by atomic mass is 15.2. The minimum atomic E-state index is 0.740. The SMILES string of the molecule is CCC(C)C1CN(CC2CCC2)CCN1. The second-order valence-corrected chi connectivity index (χ2v) is 5.50. The minimum Gasteiger partial charge on any atom is -0.311 e. The molecule has 1 N–H and O–H groups in total. The third-order valence-corrected chi connectivity index (χ3v) is 4.36. The largest absolute Gasteiger partial charge is 0.311 e. The molecular weight excluding hydrogens is 184 g/mol. The molecule has 0 amide bonds. The number of rotatable bonds is 4. The molecule has 2 heteroatoms. The van der Waals surface area contributed by atoms with E-state index in [1.54, 1.807) is 0 Å². The second-order valence-electron chi connectivity index (χ2n) is 5.50. The summed E-state index contributed by atoms with van der Waals surface area (Å²) in [6.45, 7) is 9.80. The van der Waals surface area contributed by atoms with Gasteiger partial charge in [-0.1, -0.05) is 26.7 Å². The van der Waals surface area contributed by atoms with Crippen LogP contribution in [-0.4, -0.2) is 37.1 Å². The summed E-state index contributed by atoms with van der Waals surface area (Å²) in [5.41, 5.74) is 0. The van der Waals surface area contributed by atoms with Crippen molar-refractivity contribution in [2.24, 2.45) is 11.8 Å². The minimum absolute atomic E-state index is 0.740. The van der Waals surface area contributed by atoms with Crippen LogP contribution in [0.5, 0.6) is 0 Å². The van der Waals surface area contributed by atoms with Crippen LogP contribution in [0.4, 0.5) is 0 Å². The van der Waals surface area contributed by atoms with Crippen LogP contribution in [0.15, 0.2) is 0 Å². The Bertz CT molecular complexity index is 189. The summed E-state index contributed by atoms with van der Waals surface area (Å²) in [6.07, 6.45) is 5.75. The van der Waals surface area contributed by atoms with Crippen LogP contribution in [-0.2, 0) is 0 Å². The normalized spacial score (nSPS) is 31.2. The third-order valence-electron chi connectivity index (χ3n) is 4.36. The lowest BCUT2D eigenvalue weighted by Crippen LogP contribution is -2.54. The van der Waals surface area contributed by atoms with E-state index in [9.17, 15) is 0 Å². The summed E-state index contributed by atoms with van der Waals surface area (Å²) < 4.78 is 0. The van der Waals surface area contributed by atoms with Crippen LogP contribution in [0.25, 0.3) is 0 Å². The van der Waals surface area contributed by atoms with Crippen molar-refractivity contribution in [3.63, 3.8) is 0 Å². The predicted molar refractivity (Wildman–Crippen MR) is 65.0 cm³/mol. The quantitative estimate of drug-likeness (QED) is 0.764. The smallest absolute Gasteiger partial charge is 0.0221 e. The fourth-order valence-electron chi connectivity index (χ4n) is 2.71. The van der Waals surface area contributed by atoms with E-state index in [0.29, 0.717) is 0 Å². The fraction of sp³-hybridized carbons (Fsp3) is 1.00. The predicted octanol–water partition coefficient (Wildman–Crippen LogP) is 2.11. The van der Waals surface area contributed by atoms with Gasteiger partial charge in [0.15, 0.2) is 0 Å². The monoisotopic (exact) mass is 210 g/mol. The van der Waals surface area contributed by atoms with Crippen LogP contribution in [0.1, 0.15) is 39.5 Å². The standard InChI is InChI=1S/C13H26N2/c1-3-11(2)13-10-15(8-7-14-13)9-12-5-4-6-12/h11-14H,3-10H2,1-2H3. The van der Waals surface area contributed by atoms with E-state index in [-0.39, 0.29) is 0 Å². The molecule has 0 bridgehead atoms. The number of hydrogen-bond acceptors (Lipinski definition) is 2. The van der Waals surface area contributed by atoms with Gasteiger partial charge < -0.3 is 10.2 Å². The van der Waals surface area contributed by atoms with Crippen molar-refractivity contribution in [3.05, 3.63) is 0 Å². The van der Waals surface area contributed by atoms with Gasteiger partial charge in [-0.05, 0) is 24.7 Å². The first-order valence-electron chi connectivity index (χ1n) is 6.75. The van der Waals surface area contributed by atoms with Gasteiger partial charge in [-0.2, -0.15) is 0 Å². The lowest BCUT2D eigenvalue weighted by atomic mass is 9.84. The van der Waals surface area contributed by atoms with Gasteiger partial charge in [0.25, 0.3) is 0 Å². The van der Waals surface area contributed by atoms with Crippen molar-refractivity contribution in [1.29, 1.82) is 0 Å². The maximum atomic E-state index is 3.67. The van der Waals surface area contributed by atoms with Crippen molar-refractivity contribution in [1.82, 2.24) is 10.2 Å². The number of nitrogens with zero attached hydrogens (tertiary/aromatic N) is 1. The molecule has 2 unspecified atom stereocenters. The van der Waals surface area contributed by atoms with Gasteiger partial charge in [-0.25, -0.2) is 0 Å². The van der Waals surface area contributed by atoms with Crippen molar-refractivity contribution < 1.29 is 0 Å². The fourth-order valence-corrected chi connectivity index (χ4v) is 2.71. The molecule has 0 aromatic rings. The summed E-state index contributed by atoms with van der Waals surface area (Å²) in [6, 6.07) is 0.740. The van der Waals surface area contributed by atoms with E-state index in [1.807, 2.05) is 0 Å². The molecule has 0 radical (unpaired) electrons. The third kappa shape index (κ3) is 2.94. The van der Waals surface area contributed by atoms with Crippen LogP contribution in [0, 0.1) is 11.8 Å². The molecule has 1 heterocycles. The number of piperazine rings is 1. The van der Waals surface area contributed by atoms with Gasteiger partial charge in [0.05, 0.1) is 0 Å². The average Bonchev–Trinajstić information content (AvgIpc) is 2.23. The Labute approximate surface area is 94.4 Å². The van der Waals surface area contributed by atoms with E-state index >= 15 is 0 Å². The first-order valence-corrected chi connectivity index (χ1v) is 6.75. The molecule has 1 saturated heterocycles. The molecule has 1 aliphatic heterocycles. The second kappa shape index (κ2) is 5.31. The summed E-state index contributed by atoms with van der Waals surface area (Å²) in [5.74, 6) is 1.86. The topological polar surface area (TPSA) is 15.3 Å². The molecule has 2 fully saturated rings. The average molecular weight is 210 g/mol. The highest BCUT2D eigenvalue weighted by molar-refractivity contribution is 4.84. The molecule has 2 rings (SSSR count). The summed E-state index contributed by atoms with van der Waals surface area (Å²) in [4.78, 5) is 2.69. The zero-order chi connectivity index (χ0) is 10.7. The van der Waals surface area contributed by atoms with Gasteiger partial charge in [-0.3, -0.25) is 0 Å².